The maximum atomic E-state index is 14.1. The number of alkyl halides is 1. The first-order valence-corrected chi connectivity index (χ1v) is 11.1. The Balaban J connectivity index is 1.65. The molecule has 2 saturated heterocycles. The molecular weight excluding hydrogens is 417 g/mol. The summed E-state index contributed by atoms with van der Waals surface area (Å²) in [5.74, 6) is -2.17. The Morgan fingerprint density at radius 2 is 1.88 bits per heavy atom. The van der Waals surface area contributed by atoms with Crippen LogP contribution in [-0.4, -0.2) is 86.9 Å². The van der Waals surface area contributed by atoms with Gasteiger partial charge in [0.25, 0.3) is 0 Å². The Hall–Kier alpha value is -2.97. The van der Waals surface area contributed by atoms with Crippen LogP contribution in [0.2, 0.25) is 0 Å². The zero-order chi connectivity index (χ0) is 23.0. The quantitative estimate of drug-likeness (QED) is 0.710. The van der Waals surface area contributed by atoms with E-state index < -0.39 is 35.7 Å². The average Bonchev–Trinajstić information content (AvgIpc) is 3.47. The number of halogens is 1. The van der Waals surface area contributed by atoms with Crippen molar-refractivity contribution >= 4 is 23.7 Å². The zero-order valence-electron chi connectivity index (χ0n) is 18.1. The van der Waals surface area contributed by atoms with Gasteiger partial charge in [-0.1, -0.05) is 37.3 Å². The van der Waals surface area contributed by atoms with Crippen LogP contribution in [0, 0.1) is 0 Å². The molecule has 0 aromatic heterocycles. The maximum Gasteiger partial charge on any atom is 0.326 e. The molecule has 172 valence electrons. The normalized spacial score (nSPS) is 25.2. The summed E-state index contributed by atoms with van der Waals surface area (Å²) in [4.78, 5) is 55.4. The zero-order valence-corrected chi connectivity index (χ0v) is 18.1. The molecule has 3 amide bonds. The van der Waals surface area contributed by atoms with Crippen molar-refractivity contribution in [3.05, 3.63) is 35.9 Å². The number of hydrogen-bond acceptors (Lipinski definition) is 4. The fraction of sp³-hybridized carbons (Fsp3) is 0.565. The van der Waals surface area contributed by atoms with Crippen LogP contribution in [-0.2, 0) is 25.6 Å². The van der Waals surface area contributed by atoms with Gasteiger partial charge in [-0.05, 0) is 18.4 Å². The van der Waals surface area contributed by atoms with E-state index in [2.05, 4.69) is 0 Å². The second-order valence-electron chi connectivity index (χ2n) is 8.81. The highest BCUT2D eigenvalue weighted by Crippen LogP contribution is 2.46. The smallest absolute Gasteiger partial charge is 0.326 e. The van der Waals surface area contributed by atoms with E-state index in [0.717, 1.165) is 10.5 Å². The lowest BCUT2D eigenvalue weighted by atomic mass is 9.99. The van der Waals surface area contributed by atoms with Crippen molar-refractivity contribution in [2.45, 2.75) is 62.8 Å². The predicted molar refractivity (Wildman–Crippen MR) is 112 cm³/mol. The fourth-order valence-electron chi connectivity index (χ4n) is 4.98. The van der Waals surface area contributed by atoms with Crippen LogP contribution in [0.1, 0.15) is 38.2 Å². The van der Waals surface area contributed by atoms with E-state index in [1.807, 2.05) is 30.3 Å². The molecule has 1 aromatic carbocycles. The molecule has 0 bridgehead atoms. The second kappa shape index (κ2) is 8.52. The van der Waals surface area contributed by atoms with E-state index >= 15 is 0 Å². The van der Waals surface area contributed by atoms with Crippen molar-refractivity contribution in [2.75, 3.05) is 19.6 Å². The van der Waals surface area contributed by atoms with Crippen LogP contribution in [0.5, 0.6) is 0 Å². The van der Waals surface area contributed by atoms with Gasteiger partial charge < -0.3 is 19.8 Å². The van der Waals surface area contributed by atoms with Crippen molar-refractivity contribution in [3.63, 3.8) is 0 Å². The average molecular weight is 445 g/mol. The number of aliphatic carboxylic acids is 1. The van der Waals surface area contributed by atoms with E-state index in [-0.39, 0.29) is 37.7 Å². The van der Waals surface area contributed by atoms with Gasteiger partial charge in [0, 0.05) is 32.4 Å². The number of piperazine rings is 1. The van der Waals surface area contributed by atoms with Crippen LogP contribution in [0.15, 0.2) is 30.3 Å². The molecule has 3 atom stereocenters. The maximum absolute atomic E-state index is 14.1. The SMILES string of the molecule is CCC(=O)N1CCN([C@@H](Cc2ccccc2)C(=O)N2C[C@@H](F)C[C@H]2C(=O)O)C(=O)C12CC2. The fourth-order valence-corrected chi connectivity index (χ4v) is 4.98. The number of likely N-dealkylation sites (tertiary alicyclic amines) is 1. The van der Waals surface area contributed by atoms with E-state index in [0.29, 0.717) is 25.8 Å². The van der Waals surface area contributed by atoms with Gasteiger partial charge in [0.2, 0.25) is 17.7 Å². The summed E-state index contributed by atoms with van der Waals surface area (Å²) in [6.45, 7) is 1.96. The highest BCUT2D eigenvalue weighted by molar-refractivity contribution is 5.98. The Morgan fingerprint density at radius 3 is 2.47 bits per heavy atom. The molecule has 0 radical (unpaired) electrons. The lowest BCUT2D eigenvalue weighted by Gasteiger charge is -2.45. The Bertz CT molecular complexity index is 919. The van der Waals surface area contributed by atoms with Gasteiger partial charge in [0.05, 0.1) is 6.54 Å². The summed E-state index contributed by atoms with van der Waals surface area (Å²) in [5.41, 5.74) is -0.0844. The molecule has 32 heavy (non-hydrogen) atoms. The molecule has 2 aliphatic heterocycles. The molecule has 1 spiro atoms. The number of carboxylic acids is 1. The summed E-state index contributed by atoms with van der Waals surface area (Å²) in [5, 5.41) is 9.51. The van der Waals surface area contributed by atoms with Crippen LogP contribution >= 0.6 is 0 Å². The molecule has 1 saturated carbocycles. The van der Waals surface area contributed by atoms with Gasteiger partial charge in [-0.25, -0.2) is 9.18 Å². The molecule has 8 nitrogen and oxygen atoms in total. The summed E-state index contributed by atoms with van der Waals surface area (Å²) in [6, 6.07) is 6.97. The predicted octanol–water partition coefficient (Wildman–Crippen LogP) is 1.23. The minimum absolute atomic E-state index is 0.0906. The first kappa shape index (κ1) is 22.2. The van der Waals surface area contributed by atoms with Gasteiger partial charge in [-0.15, -0.1) is 0 Å². The van der Waals surface area contributed by atoms with E-state index in [9.17, 15) is 28.7 Å². The summed E-state index contributed by atoms with van der Waals surface area (Å²) >= 11 is 0. The Labute approximate surface area is 186 Å². The van der Waals surface area contributed by atoms with E-state index in [1.54, 1.807) is 11.8 Å². The lowest BCUT2D eigenvalue weighted by Crippen LogP contribution is -2.65. The van der Waals surface area contributed by atoms with Crippen molar-refractivity contribution in [1.82, 2.24) is 14.7 Å². The topological polar surface area (TPSA) is 98.2 Å². The second-order valence-corrected chi connectivity index (χ2v) is 8.81. The number of carbonyl (C=O) groups excluding carboxylic acids is 3. The molecule has 2 heterocycles. The molecule has 3 fully saturated rings. The number of nitrogens with zero attached hydrogens (tertiary/aromatic N) is 3. The van der Waals surface area contributed by atoms with Gasteiger partial charge in [-0.3, -0.25) is 14.4 Å². The highest BCUT2D eigenvalue weighted by Gasteiger charge is 2.61. The van der Waals surface area contributed by atoms with Crippen LogP contribution in [0.25, 0.3) is 0 Å². The summed E-state index contributed by atoms with van der Waals surface area (Å²) < 4.78 is 14.1. The first-order valence-electron chi connectivity index (χ1n) is 11.1. The molecule has 1 aromatic rings. The summed E-state index contributed by atoms with van der Waals surface area (Å²) in [7, 11) is 0. The number of rotatable bonds is 6. The minimum Gasteiger partial charge on any atom is -0.480 e. The first-order chi connectivity index (χ1) is 15.3. The van der Waals surface area contributed by atoms with Gasteiger partial charge in [0.1, 0.15) is 23.8 Å². The molecule has 3 aliphatic rings. The van der Waals surface area contributed by atoms with Gasteiger partial charge in [-0.2, -0.15) is 0 Å². The third kappa shape index (κ3) is 3.84. The largest absolute Gasteiger partial charge is 0.480 e. The minimum atomic E-state index is -1.41. The number of carboxylic acid groups (broad SMARTS) is 1. The van der Waals surface area contributed by atoms with Gasteiger partial charge >= 0.3 is 5.97 Å². The van der Waals surface area contributed by atoms with Gasteiger partial charge in [0.15, 0.2) is 0 Å². The molecule has 0 unspecified atom stereocenters. The lowest BCUT2D eigenvalue weighted by molar-refractivity contribution is -0.161. The van der Waals surface area contributed by atoms with Crippen LogP contribution in [0.4, 0.5) is 4.39 Å². The van der Waals surface area contributed by atoms with Crippen molar-refractivity contribution < 1.29 is 28.7 Å². The monoisotopic (exact) mass is 445 g/mol. The molecular formula is C23H28FN3O5. The van der Waals surface area contributed by atoms with Crippen LogP contribution in [0.3, 0.4) is 0 Å². The Morgan fingerprint density at radius 1 is 1.19 bits per heavy atom. The number of carbonyl (C=O) groups is 4. The van der Waals surface area contributed by atoms with Crippen LogP contribution < -0.4 is 0 Å². The highest BCUT2D eigenvalue weighted by atomic mass is 19.1. The Kier molecular flexibility index (Phi) is 5.92. The molecule has 1 aliphatic carbocycles. The van der Waals surface area contributed by atoms with E-state index in [4.69, 9.17) is 0 Å². The number of benzene rings is 1. The van der Waals surface area contributed by atoms with Crippen molar-refractivity contribution in [1.29, 1.82) is 0 Å². The van der Waals surface area contributed by atoms with E-state index in [1.165, 1.54) is 4.90 Å². The third-order valence-corrected chi connectivity index (χ3v) is 6.82. The molecule has 9 heteroatoms. The molecule has 4 rings (SSSR count). The molecule has 1 N–H and O–H groups in total. The standard InChI is InChI=1S/C23H28FN3O5/c1-2-19(28)27-11-10-25(22(32)23(27)8-9-23)17(12-15-6-4-3-5-7-15)20(29)26-14-16(24)13-18(26)21(30)31/h3-7,16-18H,2,8-14H2,1H3,(H,30,31)/t16-,17-,18-/m0/s1. The van der Waals surface area contributed by atoms with Crippen molar-refractivity contribution in [2.24, 2.45) is 0 Å². The van der Waals surface area contributed by atoms with Crippen molar-refractivity contribution in [3.8, 4) is 0 Å². The summed E-state index contributed by atoms with van der Waals surface area (Å²) in [6.07, 6.45) is -0.0728. The number of hydrogen-bond donors (Lipinski definition) is 1. The third-order valence-electron chi connectivity index (χ3n) is 6.82. The number of amides is 3.